The van der Waals surface area contributed by atoms with Crippen LogP contribution in [0.3, 0.4) is 0 Å². The lowest BCUT2D eigenvalue weighted by atomic mass is 10.0. The molecule has 17 heavy (non-hydrogen) atoms. The topological polar surface area (TPSA) is 63.7 Å². The van der Waals surface area contributed by atoms with Gasteiger partial charge in [-0.2, -0.15) is 0 Å². The highest BCUT2D eigenvalue weighted by Gasteiger charge is 2.35. The Morgan fingerprint density at radius 1 is 1.41 bits per heavy atom. The van der Waals surface area contributed by atoms with E-state index < -0.39 is 15.4 Å². The second kappa shape index (κ2) is 4.84. The molecule has 0 aromatic carbocycles. The number of likely N-dealkylation sites (tertiary alicyclic amines) is 1. The molecular formula is C11H21NO4S. The molecule has 0 radical (unpaired) electrons. The molecule has 0 saturated carbocycles. The molecule has 0 aliphatic carbocycles. The lowest BCUT2D eigenvalue weighted by Gasteiger charge is -2.41. The summed E-state index contributed by atoms with van der Waals surface area (Å²) in [5.41, 5.74) is -0.506. The zero-order valence-corrected chi connectivity index (χ0v) is 11.7. The molecule has 1 aliphatic rings. The van der Waals surface area contributed by atoms with Gasteiger partial charge in [0, 0.05) is 18.8 Å². The van der Waals surface area contributed by atoms with Crippen LogP contribution in [0.4, 0.5) is 4.79 Å². The molecule has 1 fully saturated rings. The van der Waals surface area contributed by atoms with Crippen LogP contribution >= 0.6 is 0 Å². The predicted octanol–water partition coefficient (Wildman–Crippen LogP) is 1.43. The van der Waals surface area contributed by atoms with Crippen LogP contribution in [-0.2, 0) is 14.6 Å². The van der Waals surface area contributed by atoms with Gasteiger partial charge in [-0.15, -0.1) is 0 Å². The highest BCUT2D eigenvalue weighted by Crippen LogP contribution is 2.23. The van der Waals surface area contributed by atoms with Crippen LogP contribution in [0, 0.1) is 0 Å². The number of amides is 1. The maximum atomic E-state index is 11.7. The lowest BCUT2D eigenvalue weighted by molar-refractivity contribution is -0.00562. The Morgan fingerprint density at radius 2 is 2.00 bits per heavy atom. The van der Waals surface area contributed by atoms with Gasteiger partial charge < -0.3 is 9.64 Å². The van der Waals surface area contributed by atoms with Crippen molar-refractivity contribution in [2.24, 2.45) is 0 Å². The van der Waals surface area contributed by atoms with E-state index in [1.807, 2.05) is 20.8 Å². The number of nitrogens with zero attached hydrogens (tertiary/aromatic N) is 1. The Bertz CT molecular complexity index is 383. The summed E-state index contributed by atoms with van der Waals surface area (Å²) in [6.07, 6.45) is 2.22. The molecule has 0 aromatic heterocycles. The Labute approximate surface area is 103 Å². The molecule has 1 rings (SSSR count). The Balaban J connectivity index is 2.43. The first-order valence-corrected chi connectivity index (χ1v) is 7.82. The highest BCUT2D eigenvalue weighted by atomic mass is 32.2. The summed E-state index contributed by atoms with van der Waals surface area (Å²) in [4.78, 5) is 13.3. The van der Waals surface area contributed by atoms with Crippen LogP contribution < -0.4 is 0 Å². The quantitative estimate of drug-likeness (QED) is 0.772. The summed E-state index contributed by atoms with van der Waals surface area (Å²) in [7, 11) is -2.96. The molecule has 1 aliphatic heterocycles. The average molecular weight is 263 g/mol. The Hall–Kier alpha value is -0.780. The molecule has 6 heteroatoms. The van der Waals surface area contributed by atoms with E-state index in [1.54, 1.807) is 4.90 Å². The van der Waals surface area contributed by atoms with Crippen molar-refractivity contribution in [1.29, 1.82) is 0 Å². The lowest BCUT2D eigenvalue weighted by Crippen LogP contribution is -2.53. The number of hydrogen-bond donors (Lipinski definition) is 0. The van der Waals surface area contributed by atoms with Gasteiger partial charge in [-0.25, -0.2) is 13.2 Å². The van der Waals surface area contributed by atoms with E-state index in [2.05, 4.69) is 0 Å². The fourth-order valence-electron chi connectivity index (χ4n) is 1.65. The second-order valence-corrected chi connectivity index (χ2v) is 7.79. The molecule has 5 nitrogen and oxygen atoms in total. The molecule has 1 amide bonds. The molecule has 1 atom stereocenters. The number of carbonyl (C=O) groups excluding carboxylic acids is 1. The minimum Gasteiger partial charge on any atom is -0.444 e. The fourth-order valence-corrected chi connectivity index (χ4v) is 2.35. The molecule has 1 unspecified atom stereocenters. The van der Waals surface area contributed by atoms with Gasteiger partial charge in [-0.3, -0.25) is 0 Å². The smallest absolute Gasteiger partial charge is 0.410 e. The summed E-state index contributed by atoms with van der Waals surface area (Å²) < 4.78 is 27.3. The SMILES string of the molecule is CC(C)(C)OC(=O)N1CCC1CCS(C)(=O)=O. The van der Waals surface area contributed by atoms with Gasteiger partial charge in [0.05, 0.1) is 5.75 Å². The monoisotopic (exact) mass is 263 g/mol. The van der Waals surface area contributed by atoms with Crippen molar-refractivity contribution < 1.29 is 17.9 Å². The first kappa shape index (κ1) is 14.3. The summed E-state index contributed by atoms with van der Waals surface area (Å²) in [6.45, 7) is 6.10. The number of rotatable bonds is 3. The number of hydrogen-bond acceptors (Lipinski definition) is 4. The van der Waals surface area contributed by atoms with Gasteiger partial charge in [-0.05, 0) is 33.6 Å². The van der Waals surface area contributed by atoms with Crippen molar-refractivity contribution in [2.75, 3.05) is 18.6 Å². The third kappa shape index (κ3) is 4.93. The molecule has 100 valence electrons. The van der Waals surface area contributed by atoms with Gasteiger partial charge in [0.2, 0.25) is 0 Å². The first-order valence-electron chi connectivity index (χ1n) is 5.76. The van der Waals surface area contributed by atoms with Crippen molar-refractivity contribution >= 4 is 15.9 Å². The number of carbonyl (C=O) groups is 1. The second-order valence-electron chi connectivity index (χ2n) is 5.53. The zero-order valence-electron chi connectivity index (χ0n) is 10.9. The third-order valence-corrected chi connectivity index (χ3v) is 3.57. The van der Waals surface area contributed by atoms with E-state index in [4.69, 9.17) is 4.74 Å². The number of ether oxygens (including phenoxy) is 1. The van der Waals surface area contributed by atoms with E-state index in [9.17, 15) is 13.2 Å². The summed E-state index contributed by atoms with van der Waals surface area (Å²) >= 11 is 0. The van der Waals surface area contributed by atoms with E-state index in [0.717, 1.165) is 6.42 Å². The van der Waals surface area contributed by atoms with E-state index in [-0.39, 0.29) is 17.9 Å². The molecule has 1 saturated heterocycles. The van der Waals surface area contributed by atoms with Crippen molar-refractivity contribution in [1.82, 2.24) is 4.90 Å². The molecule has 1 heterocycles. The van der Waals surface area contributed by atoms with Gasteiger partial charge in [0.15, 0.2) is 0 Å². The van der Waals surface area contributed by atoms with Gasteiger partial charge in [0.1, 0.15) is 15.4 Å². The van der Waals surface area contributed by atoms with Crippen LogP contribution in [0.2, 0.25) is 0 Å². The Kier molecular flexibility index (Phi) is 4.06. The first-order chi connectivity index (χ1) is 7.58. The van der Waals surface area contributed by atoms with Crippen molar-refractivity contribution in [2.45, 2.75) is 45.3 Å². The average Bonchev–Trinajstić information content (AvgIpc) is 1.94. The summed E-state index contributed by atoms with van der Waals surface area (Å²) in [5, 5.41) is 0. The van der Waals surface area contributed by atoms with Crippen molar-refractivity contribution in [3.8, 4) is 0 Å². The van der Waals surface area contributed by atoms with Crippen molar-refractivity contribution in [3.63, 3.8) is 0 Å². The van der Waals surface area contributed by atoms with Crippen LogP contribution in [0.1, 0.15) is 33.6 Å². The van der Waals surface area contributed by atoms with E-state index >= 15 is 0 Å². The zero-order chi connectivity index (χ0) is 13.3. The molecule has 0 N–H and O–H groups in total. The van der Waals surface area contributed by atoms with Crippen LogP contribution in [0.5, 0.6) is 0 Å². The van der Waals surface area contributed by atoms with Crippen LogP contribution in [0.25, 0.3) is 0 Å². The maximum Gasteiger partial charge on any atom is 0.410 e. The standard InChI is InChI=1S/C11H21NO4S/c1-11(2,3)16-10(13)12-7-5-9(12)6-8-17(4,14)15/h9H,5-8H2,1-4H3. The van der Waals surface area contributed by atoms with Gasteiger partial charge in [0.25, 0.3) is 0 Å². The van der Waals surface area contributed by atoms with Crippen molar-refractivity contribution in [3.05, 3.63) is 0 Å². The van der Waals surface area contributed by atoms with Gasteiger partial charge >= 0.3 is 6.09 Å². The minimum atomic E-state index is -2.96. The van der Waals surface area contributed by atoms with E-state index in [1.165, 1.54) is 6.26 Å². The minimum absolute atomic E-state index is 0.0135. The van der Waals surface area contributed by atoms with Gasteiger partial charge in [-0.1, -0.05) is 0 Å². The number of sulfone groups is 1. The fraction of sp³-hybridized carbons (Fsp3) is 0.909. The van der Waals surface area contributed by atoms with E-state index in [0.29, 0.717) is 13.0 Å². The largest absolute Gasteiger partial charge is 0.444 e. The highest BCUT2D eigenvalue weighted by molar-refractivity contribution is 7.90. The third-order valence-electron chi connectivity index (χ3n) is 2.59. The predicted molar refractivity (Wildman–Crippen MR) is 65.7 cm³/mol. The summed E-state index contributed by atoms with van der Waals surface area (Å²) in [6, 6.07) is 0.0135. The van der Waals surface area contributed by atoms with Crippen LogP contribution in [0.15, 0.2) is 0 Å². The molecule has 0 aromatic rings. The van der Waals surface area contributed by atoms with Crippen LogP contribution in [-0.4, -0.2) is 49.6 Å². The Morgan fingerprint density at radius 3 is 2.35 bits per heavy atom. The molecule has 0 spiro atoms. The summed E-state index contributed by atoms with van der Waals surface area (Å²) in [5.74, 6) is 0.122. The normalized spacial score (nSPS) is 20.9. The maximum absolute atomic E-state index is 11.7. The molecular weight excluding hydrogens is 242 g/mol. The molecule has 0 bridgehead atoms.